The Hall–Kier alpha value is -3.98. The average Bonchev–Trinajstić information content (AvgIpc) is 2.82. The molecule has 0 spiro atoms. The molecule has 9 heteroatoms. The van der Waals surface area contributed by atoms with Gasteiger partial charge in [-0.15, -0.1) is 0 Å². The molecule has 0 unspecified atom stereocenters. The molecule has 0 aliphatic rings. The number of anilines is 1. The van der Waals surface area contributed by atoms with Crippen LogP contribution in [0.5, 0.6) is 0 Å². The van der Waals surface area contributed by atoms with Gasteiger partial charge in [0, 0.05) is 6.07 Å². The molecule has 4 rings (SSSR count). The minimum Gasteiger partial charge on any atom is -0.320 e. The summed E-state index contributed by atoms with van der Waals surface area (Å²) in [5.41, 5.74) is 4.66. The summed E-state index contributed by atoms with van der Waals surface area (Å²) in [4.78, 5) is 41.8. The van der Waals surface area contributed by atoms with Crippen LogP contribution >= 0.6 is 11.8 Å². The number of carbonyl (C=O) groups excluding carboxylic acids is 1. The Morgan fingerprint density at radius 1 is 1.00 bits per heavy atom. The third-order valence-corrected chi connectivity index (χ3v) is 6.85. The number of nitrogens with one attached hydrogen (secondary N) is 1. The molecular weight excluding hydrogens is 464 g/mol. The maximum Gasteiger partial charge on any atom is 0.293 e. The normalized spacial score (nSPS) is 11.0. The van der Waals surface area contributed by atoms with Crippen molar-refractivity contribution in [3.8, 4) is 5.69 Å². The smallest absolute Gasteiger partial charge is 0.293 e. The Bertz CT molecular complexity index is 1540. The second kappa shape index (κ2) is 9.71. The lowest BCUT2D eigenvalue weighted by atomic mass is 10.1. The quantitative estimate of drug-likeness (QED) is 0.172. The number of fused-ring (bicyclic) bond motifs is 1. The molecule has 0 radical (unpaired) electrons. The van der Waals surface area contributed by atoms with Gasteiger partial charge in [0.2, 0.25) is 5.91 Å². The summed E-state index contributed by atoms with van der Waals surface area (Å²) in [7, 11) is 0. The van der Waals surface area contributed by atoms with E-state index in [1.807, 2.05) is 39.0 Å². The Labute approximate surface area is 206 Å². The van der Waals surface area contributed by atoms with Crippen LogP contribution in [0.2, 0.25) is 0 Å². The van der Waals surface area contributed by atoms with Gasteiger partial charge in [0.1, 0.15) is 5.69 Å². The third kappa shape index (κ3) is 4.95. The molecule has 0 saturated heterocycles. The van der Waals surface area contributed by atoms with Gasteiger partial charge >= 0.3 is 0 Å². The topological polar surface area (TPSA) is 107 Å². The number of benzene rings is 3. The van der Waals surface area contributed by atoms with Crippen molar-refractivity contribution < 1.29 is 9.72 Å². The first kappa shape index (κ1) is 24.2. The van der Waals surface area contributed by atoms with Crippen molar-refractivity contribution in [2.45, 2.75) is 32.9 Å². The van der Waals surface area contributed by atoms with E-state index in [9.17, 15) is 19.7 Å². The number of nitro benzene ring substituents is 1. The van der Waals surface area contributed by atoms with E-state index in [1.54, 1.807) is 37.3 Å². The maximum absolute atomic E-state index is 13.4. The number of hydrogen-bond donors (Lipinski definition) is 1. The Morgan fingerprint density at radius 3 is 2.40 bits per heavy atom. The molecule has 35 heavy (non-hydrogen) atoms. The van der Waals surface area contributed by atoms with Gasteiger partial charge in [-0.3, -0.25) is 24.3 Å². The zero-order chi connectivity index (χ0) is 25.3. The van der Waals surface area contributed by atoms with Crippen LogP contribution in [-0.4, -0.2) is 26.1 Å². The molecule has 1 heterocycles. The molecule has 0 atom stereocenters. The standard InChI is InChI=1S/C26H24N4O4S/c1-15-9-10-19(11-16(15)2)29-25(32)20-7-5-6-8-21(20)28-26(29)35-14-24(31)27-22-12-17(3)18(4)13-23(22)30(33)34/h5-13H,14H2,1-4H3,(H,27,31). The molecule has 4 aromatic rings. The van der Waals surface area contributed by atoms with E-state index in [4.69, 9.17) is 0 Å². The maximum atomic E-state index is 13.4. The number of aromatic nitrogens is 2. The number of nitrogens with zero attached hydrogens (tertiary/aromatic N) is 3. The van der Waals surface area contributed by atoms with E-state index < -0.39 is 10.8 Å². The summed E-state index contributed by atoms with van der Waals surface area (Å²) in [6.07, 6.45) is 0. The van der Waals surface area contributed by atoms with Gasteiger partial charge in [0.15, 0.2) is 5.16 Å². The van der Waals surface area contributed by atoms with Gasteiger partial charge in [-0.2, -0.15) is 0 Å². The second-order valence-electron chi connectivity index (χ2n) is 8.37. The SMILES string of the molecule is Cc1ccc(-n2c(SCC(=O)Nc3cc(C)c(C)cc3[N+](=O)[O-])nc3ccccc3c2=O)cc1C. The molecule has 178 valence electrons. The zero-order valence-corrected chi connectivity index (χ0v) is 20.6. The number of amides is 1. The lowest BCUT2D eigenvalue weighted by Gasteiger charge is -2.14. The van der Waals surface area contributed by atoms with E-state index in [2.05, 4.69) is 10.3 Å². The van der Waals surface area contributed by atoms with Crippen LogP contribution in [0.1, 0.15) is 22.3 Å². The molecule has 3 aromatic carbocycles. The van der Waals surface area contributed by atoms with Crippen LogP contribution in [0.15, 0.2) is 64.5 Å². The summed E-state index contributed by atoms with van der Waals surface area (Å²) in [6, 6.07) is 15.8. The minimum atomic E-state index is -0.516. The van der Waals surface area contributed by atoms with Gasteiger partial charge < -0.3 is 5.32 Å². The molecule has 0 aliphatic heterocycles. The Morgan fingerprint density at radius 2 is 1.69 bits per heavy atom. The summed E-state index contributed by atoms with van der Waals surface area (Å²) in [5, 5.41) is 14.9. The highest BCUT2D eigenvalue weighted by molar-refractivity contribution is 7.99. The predicted molar refractivity (Wildman–Crippen MR) is 139 cm³/mol. The number of hydrogen-bond acceptors (Lipinski definition) is 6. The van der Waals surface area contributed by atoms with Gasteiger partial charge in [-0.25, -0.2) is 4.98 Å². The number of thioether (sulfide) groups is 1. The van der Waals surface area contributed by atoms with E-state index in [-0.39, 0.29) is 22.7 Å². The average molecular weight is 489 g/mol. The van der Waals surface area contributed by atoms with Crippen LogP contribution in [0.25, 0.3) is 16.6 Å². The van der Waals surface area contributed by atoms with Crippen LogP contribution in [0.4, 0.5) is 11.4 Å². The monoisotopic (exact) mass is 488 g/mol. The van der Waals surface area contributed by atoms with Crippen molar-refractivity contribution in [3.05, 3.63) is 97.3 Å². The van der Waals surface area contributed by atoms with Gasteiger partial charge in [0.25, 0.3) is 11.2 Å². The summed E-state index contributed by atoms with van der Waals surface area (Å²) < 4.78 is 1.51. The number of aryl methyl sites for hydroxylation is 4. The number of carbonyl (C=O) groups is 1. The van der Waals surface area contributed by atoms with Gasteiger partial charge in [-0.1, -0.05) is 30.0 Å². The van der Waals surface area contributed by atoms with Crippen molar-refractivity contribution in [2.24, 2.45) is 0 Å². The molecule has 0 bridgehead atoms. The van der Waals surface area contributed by atoms with E-state index >= 15 is 0 Å². The van der Waals surface area contributed by atoms with Crippen molar-refractivity contribution >= 4 is 39.9 Å². The van der Waals surface area contributed by atoms with E-state index in [0.29, 0.717) is 21.7 Å². The van der Waals surface area contributed by atoms with Crippen molar-refractivity contribution in [3.63, 3.8) is 0 Å². The molecule has 0 saturated carbocycles. The van der Waals surface area contributed by atoms with E-state index in [1.165, 1.54) is 10.6 Å². The molecule has 1 aromatic heterocycles. The van der Waals surface area contributed by atoms with Crippen LogP contribution < -0.4 is 10.9 Å². The predicted octanol–water partition coefficient (Wildman–Crippen LogP) is 5.26. The van der Waals surface area contributed by atoms with Gasteiger partial charge in [0.05, 0.1) is 27.3 Å². The van der Waals surface area contributed by atoms with Crippen LogP contribution in [0.3, 0.4) is 0 Å². The molecule has 1 N–H and O–H groups in total. The first-order valence-electron chi connectivity index (χ1n) is 10.9. The number of nitro groups is 1. The van der Waals surface area contributed by atoms with Crippen LogP contribution in [-0.2, 0) is 4.79 Å². The highest BCUT2D eigenvalue weighted by Crippen LogP contribution is 2.29. The van der Waals surface area contributed by atoms with Crippen molar-refractivity contribution in [1.82, 2.24) is 9.55 Å². The first-order chi connectivity index (χ1) is 16.7. The first-order valence-corrected chi connectivity index (χ1v) is 11.9. The largest absolute Gasteiger partial charge is 0.320 e. The third-order valence-electron chi connectivity index (χ3n) is 5.91. The summed E-state index contributed by atoms with van der Waals surface area (Å²) in [5.74, 6) is -0.518. The van der Waals surface area contributed by atoms with Crippen molar-refractivity contribution in [1.29, 1.82) is 0 Å². The fraction of sp³-hybridized carbons (Fsp3) is 0.192. The molecule has 0 fully saturated rings. The summed E-state index contributed by atoms with van der Waals surface area (Å²) in [6.45, 7) is 7.56. The fourth-order valence-electron chi connectivity index (χ4n) is 3.67. The molecular formula is C26H24N4O4S. The molecule has 8 nitrogen and oxygen atoms in total. The highest BCUT2D eigenvalue weighted by atomic mass is 32.2. The van der Waals surface area contributed by atoms with E-state index in [0.717, 1.165) is 34.0 Å². The second-order valence-corrected chi connectivity index (χ2v) is 9.31. The van der Waals surface area contributed by atoms with Crippen LogP contribution in [0, 0.1) is 37.8 Å². The molecule has 1 amide bonds. The molecule has 0 aliphatic carbocycles. The highest BCUT2D eigenvalue weighted by Gasteiger charge is 2.19. The Kier molecular flexibility index (Phi) is 6.70. The zero-order valence-electron chi connectivity index (χ0n) is 19.8. The van der Waals surface area contributed by atoms with Crippen molar-refractivity contribution in [2.75, 3.05) is 11.1 Å². The number of para-hydroxylation sites is 1. The number of rotatable bonds is 6. The minimum absolute atomic E-state index is 0.0836. The van der Waals surface area contributed by atoms with Gasteiger partial charge in [-0.05, 0) is 80.3 Å². The lowest BCUT2D eigenvalue weighted by molar-refractivity contribution is -0.384. The lowest BCUT2D eigenvalue weighted by Crippen LogP contribution is -2.23. The Balaban J connectivity index is 1.69. The summed E-state index contributed by atoms with van der Waals surface area (Å²) >= 11 is 1.10. The fourth-order valence-corrected chi connectivity index (χ4v) is 4.48.